The largest absolute Gasteiger partial charge is 0.306 e. The van der Waals surface area contributed by atoms with Crippen LogP contribution >= 0.6 is 22.7 Å². The van der Waals surface area contributed by atoms with Gasteiger partial charge in [-0.1, -0.05) is 12.1 Å². The second-order valence-corrected chi connectivity index (χ2v) is 6.53. The number of carbonyl (C=O) groups excluding carboxylic acids is 1. The van der Waals surface area contributed by atoms with Crippen molar-refractivity contribution in [1.29, 1.82) is 0 Å². The van der Waals surface area contributed by atoms with E-state index in [0.717, 1.165) is 21.1 Å². The van der Waals surface area contributed by atoms with Crippen LogP contribution in [0.5, 0.6) is 0 Å². The number of nitrogens with zero attached hydrogens (tertiary/aromatic N) is 2. The van der Waals surface area contributed by atoms with Gasteiger partial charge in [-0.05, 0) is 36.9 Å². The highest BCUT2D eigenvalue weighted by atomic mass is 32.1. The van der Waals surface area contributed by atoms with Gasteiger partial charge < -0.3 is 5.32 Å². The lowest BCUT2D eigenvalue weighted by molar-refractivity contribution is 0.102. The zero-order valence-corrected chi connectivity index (χ0v) is 13.2. The summed E-state index contributed by atoms with van der Waals surface area (Å²) in [5, 5.41) is 5.69. The first-order chi connectivity index (χ1) is 10.1. The maximum atomic E-state index is 12.3. The van der Waals surface area contributed by atoms with Crippen molar-refractivity contribution in [3.8, 4) is 9.88 Å². The van der Waals surface area contributed by atoms with Crippen LogP contribution in [0.4, 0.5) is 5.82 Å². The van der Waals surface area contributed by atoms with Crippen molar-refractivity contribution in [2.24, 2.45) is 0 Å². The van der Waals surface area contributed by atoms with Crippen molar-refractivity contribution in [2.45, 2.75) is 13.8 Å². The van der Waals surface area contributed by atoms with Gasteiger partial charge in [-0.25, -0.2) is 9.97 Å². The Bertz CT molecular complexity index is 761. The number of hydrogen-bond donors (Lipinski definition) is 1. The first-order valence-electron chi connectivity index (χ1n) is 6.39. The first-order valence-corrected chi connectivity index (χ1v) is 8.08. The molecule has 21 heavy (non-hydrogen) atoms. The number of thiazole rings is 1. The minimum atomic E-state index is -0.163. The summed E-state index contributed by atoms with van der Waals surface area (Å²) in [5.74, 6) is 0.389. The Labute approximate surface area is 130 Å². The molecule has 0 spiro atoms. The molecule has 3 aromatic rings. The highest BCUT2D eigenvalue weighted by Gasteiger charge is 2.17. The lowest BCUT2D eigenvalue weighted by Crippen LogP contribution is -2.12. The van der Waals surface area contributed by atoms with Crippen molar-refractivity contribution in [3.63, 3.8) is 0 Å². The predicted molar refractivity (Wildman–Crippen MR) is 87.1 cm³/mol. The van der Waals surface area contributed by atoms with Crippen molar-refractivity contribution in [1.82, 2.24) is 9.97 Å². The number of amides is 1. The molecule has 3 heterocycles. The third-order valence-electron chi connectivity index (χ3n) is 2.89. The van der Waals surface area contributed by atoms with Crippen molar-refractivity contribution in [2.75, 3.05) is 5.32 Å². The van der Waals surface area contributed by atoms with Crippen LogP contribution < -0.4 is 5.32 Å². The lowest BCUT2D eigenvalue weighted by Gasteiger charge is -2.03. The SMILES string of the molecule is Cc1ccc(NC(=O)c2sc(-c3cccs3)nc2C)nc1. The minimum Gasteiger partial charge on any atom is -0.306 e. The number of nitrogens with one attached hydrogen (secondary N) is 1. The average Bonchev–Trinajstić information content (AvgIpc) is 3.10. The van der Waals surface area contributed by atoms with Gasteiger partial charge in [0, 0.05) is 6.20 Å². The number of carbonyl (C=O) groups is 1. The molecular formula is C15H13N3OS2. The van der Waals surface area contributed by atoms with Gasteiger partial charge >= 0.3 is 0 Å². The highest BCUT2D eigenvalue weighted by molar-refractivity contribution is 7.22. The Balaban J connectivity index is 1.83. The molecule has 0 aliphatic carbocycles. The average molecular weight is 315 g/mol. The van der Waals surface area contributed by atoms with Crippen molar-refractivity contribution < 1.29 is 4.79 Å². The van der Waals surface area contributed by atoms with Crippen molar-refractivity contribution in [3.05, 3.63) is 52.0 Å². The first kappa shape index (κ1) is 13.9. The topological polar surface area (TPSA) is 54.9 Å². The molecule has 0 unspecified atom stereocenters. The molecule has 0 atom stereocenters. The summed E-state index contributed by atoms with van der Waals surface area (Å²) < 4.78 is 0. The Morgan fingerprint density at radius 1 is 1.24 bits per heavy atom. The predicted octanol–water partition coefficient (Wildman–Crippen LogP) is 4.14. The van der Waals surface area contributed by atoms with Gasteiger partial charge in [0.2, 0.25) is 0 Å². The Hall–Kier alpha value is -2.05. The molecule has 3 rings (SSSR count). The molecule has 0 fully saturated rings. The maximum absolute atomic E-state index is 12.3. The van der Waals surface area contributed by atoms with E-state index in [9.17, 15) is 4.79 Å². The van der Waals surface area contributed by atoms with Gasteiger partial charge in [-0.2, -0.15) is 0 Å². The van der Waals surface area contributed by atoms with E-state index in [0.29, 0.717) is 10.7 Å². The maximum Gasteiger partial charge on any atom is 0.268 e. The van der Waals surface area contributed by atoms with Gasteiger partial charge in [-0.15, -0.1) is 22.7 Å². The van der Waals surface area contributed by atoms with Crippen LogP contribution in [0.1, 0.15) is 20.9 Å². The standard InChI is InChI=1S/C15H13N3OS2/c1-9-5-6-12(16-8-9)18-14(19)13-10(2)17-15(21-13)11-4-3-7-20-11/h3-8H,1-2H3,(H,16,18,19). The van der Waals surface area contributed by atoms with Crippen molar-refractivity contribution >= 4 is 34.4 Å². The summed E-state index contributed by atoms with van der Waals surface area (Å²) >= 11 is 3.03. The van der Waals surface area contributed by atoms with E-state index in [2.05, 4.69) is 15.3 Å². The Kier molecular flexibility index (Phi) is 3.81. The number of hydrogen-bond acceptors (Lipinski definition) is 5. The monoisotopic (exact) mass is 315 g/mol. The summed E-state index contributed by atoms with van der Waals surface area (Å²) in [7, 11) is 0. The smallest absolute Gasteiger partial charge is 0.268 e. The third-order valence-corrected chi connectivity index (χ3v) is 5.08. The molecule has 0 aliphatic heterocycles. The molecular weight excluding hydrogens is 302 g/mol. The van der Waals surface area contributed by atoms with E-state index >= 15 is 0 Å². The molecule has 1 amide bonds. The van der Waals surface area contributed by atoms with Crippen LogP contribution in [0.15, 0.2) is 35.8 Å². The zero-order valence-electron chi connectivity index (χ0n) is 11.6. The number of rotatable bonds is 3. The molecule has 0 aromatic carbocycles. The van der Waals surface area contributed by atoms with Gasteiger partial charge in [0.05, 0.1) is 10.6 Å². The molecule has 0 saturated carbocycles. The second-order valence-electron chi connectivity index (χ2n) is 4.59. The van der Waals surface area contributed by atoms with E-state index < -0.39 is 0 Å². The lowest BCUT2D eigenvalue weighted by atomic mass is 10.3. The fourth-order valence-electron chi connectivity index (χ4n) is 1.83. The Morgan fingerprint density at radius 2 is 2.10 bits per heavy atom. The number of anilines is 1. The Morgan fingerprint density at radius 3 is 2.76 bits per heavy atom. The molecule has 4 nitrogen and oxygen atoms in total. The highest BCUT2D eigenvalue weighted by Crippen LogP contribution is 2.31. The summed E-state index contributed by atoms with van der Waals surface area (Å²) in [5.41, 5.74) is 1.80. The fourth-order valence-corrected chi connectivity index (χ4v) is 3.59. The fraction of sp³-hybridized carbons (Fsp3) is 0.133. The summed E-state index contributed by atoms with van der Waals surface area (Å²) in [6.45, 7) is 3.81. The van der Waals surface area contributed by atoms with Crippen LogP contribution in [-0.2, 0) is 0 Å². The quantitative estimate of drug-likeness (QED) is 0.790. The molecule has 106 valence electrons. The number of aromatic nitrogens is 2. The van der Waals surface area contributed by atoms with Gasteiger partial charge in [0.15, 0.2) is 0 Å². The summed E-state index contributed by atoms with van der Waals surface area (Å²) in [6, 6.07) is 7.70. The third kappa shape index (κ3) is 3.01. The number of thiophene rings is 1. The molecule has 0 bridgehead atoms. The summed E-state index contributed by atoms with van der Waals surface area (Å²) in [4.78, 5) is 22.7. The van der Waals surface area contributed by atoms with Crippen LogP contribution in [-0.4, -0.2) is 15.9 Å². The van der Waals surface area contributed by atoms with E-state index in [1.54, 1.807) is 23.6 Å². The second kappa shape index (κ2) is 5.75. The zero-order chi connectivity index (χ0) is 14.8. The van der Waals surface area contributed by atoms with Crippen LogP contribution in [0.2, 0.25) is 0 Å². The molecule has 0 saturated heterocycles. The number of pyridine rings is 1. The molecule has 3 aromatic heterocycles. The normalized spacial score (nSPS) is 10.6. The van der Waals surface area contributed by atoms with E-state index in [1.165, 1.54) is 11.3 Å². The summed E-state index contributed by atoms with van der Waals surface area (Å²) in [6.07, 6.45) is 1.73. The van der Waals surface area contributed by atoms with Gasteiger partial charge in [-0.3, -0.25) is 4.79 Å². The van der Waals surface area contributed by atoms with E-state index in [-0.39, 0.29) is 5.91 Å². The van der Waals surface area contributed by atoms with E-state index in [1.807, 2.05) is 37.4 Å². The van der Waals surface area contributed by atoms with Crippen LogP contribution in [0, 0.1) is 13.8 Å². The molecule has 6 heteroatoms. The van der Waals surface area contributed by atoms with Crippen LogP contribution in [0.25, 0.3) is 9.88 Å². The minimum absolute atomic E-state index is 0.163. The van der Waals surface area contributed by atoms with Gasteiger partial charge in [0.1, 0.15) is 15.7 Å². The van der Waals surface area contributed by atoms with Crippen LogP contribution in [0.3, 0.4) is 0 Å². The molecule has 0 aliphatic rings. The number of aryl methyl sites for hydroxylation is 2. The molecule has 0 radical (unpaired) electrons. The molecule has 1 N–H and O–H groups in total. The van der Waals surface area contributed by atoms with Gasteiger partial charge in [0.25, 0.3) is 5.91 Å². The van der Waals surface area contributed by atoms with E-state index in [4.69, 9.17) is 0 Å².